The number of rotatable bonds is 2. The molecule has 1 aromatic carbocycles. The lowest BCUT2D eigenvalue weighted by Gasteiger charge is -2.12. The standard InChI is InChI=1S/C10H7FO3/c11-9-3-1-2-7(8(9)6-12)10-13-4-5-14-10/h1-6,10H. The SMILES string of the molecule is O=Cc1c(F)cccc1C1OC=CO1. The Hall–Kier alpha value is -1.84. The molecule has 0 aromatic heterocycles. The molecular weight excluding hydrogens is 187 g/mol. The Kier molecular flexibility index (Phi) is 2.18. The first-order chi connectivity index (χ1) is 6.83. The average molecular weight is 194 g/mol. The molecule has 0 aliphatic carbocycles. The molecule has 0 saturated heterocycles. The van der Waals surface area contributed by atoms with Gasteiger partial charge in [0.2, 0.25) is 0 Å². The molecule has 3 nitrogen and oxygen atoms in total. The van der Waals surface area contributed by atoms with Gasteiger partial charge in [-0.15, -0.1) is 0 Å². The molecular formula is C10H7FO3. The van der Waals surface area contributed by atoms with Crippen molar-refractivity contribution in [3.05, 3.63) is 47.7 Å². The molecule has 0 saturated carbocycles. The number of halogens is 1. The maximum absolute atomic E-state index is 13.1. The zero-order chi connectivity index (χ0) is 9.97. The zero-order valence-electron chi connectivity index (χ0n) is 7.14. The molecule has 1 heterocycles. The molecule has 14 heavy (non-hydrogen) atoms. The molecule has 0 spiro atoms. The summed E-state index contributed by atoms with van der Waals surface area (Å²) in [4.78, 5) is 10.6. The third-order valence-electron chi connectivity index (χ3n) is 1.92. The number of carbonyl (C=O) groups excluding carboxylic acids is 1. The summed E-state index contributed by atoms with van der Waals surface area (Å²) in [5.74, 6) is -0.573. The monoisotopic (exact) mass is 194 g/mol. The summed E-state index contributed by atoms with van der Waals surface area (Å²) in [6, 6.07) is 4.31. The van der Waals surface area contributed by atoms with Crippen molar-refractivity contribution in [2.45, 2.75) is 6.29 Å². The molecule has 0 bridgehead atoms. The normalized spacial score (nSPS) is 14.9. The maximum Gasteiger partial charge on any atom is 0.267 e. The number of ether oxygens (including phenoxy) is 2. The van der Waals surface area contributed by atoms with Gasteiger partial charge in [0.15, 0.2) is 6.29 Å². The number of hydrogen-bond donors (Lipinski definition) is 0. The van der Waals surface area contributed by atoms with E-state index in [-0.39, 0.29) is 5.56 Å². The van der Waals surface area contributed by atoms with Crippen LogP contribution in [-0.2, 0) is 9.47 Å². The van der Waals surface area contributed by atoms with Crippen LogP contribution in [0.5, 0.6) is 0 Å². The van der Waals surface area contributed by atoms with Crippen molar-refractivity contribution >= 4 is 6.29 Å². The molecule has 0 N–H and O–H groups in total. The van der Waals surface area contributed by atoms with Crippen molar-refractivity contribution in [1.82, 2.24) is 0 Å². The molecule has 0 amide bonds. The van der Waals surface area contributed by atoms with Gasteiger partial charge in [-0.1, -0.05) is 12.1 Å². The van der Waals surface area contributed by atoms with Gasteiger partial charge >= 0.3 is 0 Å². The van der Waals surface area contributed by atoms with Crippen molar-refractivity contribution in [2.75, 3.05) is 0 Å². The van der Waals surface area contributed by atoms with E-state index in [1.807, 2.05) is 0 Å². The Balaban J connectivity index is 2.41. The smallest absolute Gasteiger partial charge is 0.267 e. The highest BCUT2D eigenvalue weighted by Crippen LogP contribution is 2.27. The van der Waals surface area contributed by atoms with Crippen LogP contribution in [0.3, 0.4) is 0 Å². The second-order valence-electron chi connectivity index (χ2n) is 2.74. The molecule has 1 aliphatic rings. The van der Waals surface area contributed by atoms with Crippen LogP contribution in [0.1, 0.15) is 22.2 Å². The fourth-order valence-electron chi connectivity index (χ4n) is 1.27. The first kappa shape index (κ1) is 8.74. The molecule has 1 aromatic rings. The van der Waals surface area contributed by atoms with E-state index in [4.69, 9.17) is 9.47 Å². The lowest BCUT2D eigenvalue weighted by atomic mass is 10.1. The summed E-state index contributed by atoms with van der Waals surface area (Å²) in [6.45, 7) is 0. The van der Waals surface area contributed by atoms with Crippen LogP contribution in [0.15, 0.2) is 30.7 Å². The molecule has 4 heteroatoms. The topological polar surface area (TPSA) is 35.5 Å². The lowest BCUT2D eigenvalue weighted by molar-refractivity contribution is -0.0251. The van der Waals surface area contributed by atoms with Crippen molar-refractivity contribution in [3.8, 4) is 0 Å². The number of aldehydes is 1. The lowest BCUT2D eigenvalue weighted by Crippen LogP contribution is -2.04. The van der Waals surface area contributed by atoms with Crippen LogP contribution in [-0.4, -0.2) is 6.29 Å². The minimum atomic E-state index is -0.717. The van der Waals surface area contributed by atoms with Gasteiger partial charge < -0.3 is 9.47 Å². The van der Waals surface area contributed by atoms with E-state index < -0.39 is 12.1 Å². The van der Waals surface area contributed by atoms with E-state index in [1.165, 1.54) is 24.7 Å². The summed E-state index contributed by atoms with van der Waals surface area (Å²) < 4.78 is 23.2. The molecule has 0 unspecified atom stereocenters. The van der Waals surface area contributed by atoms with E-state index in [1.54, 1.807) is 6.07 Å². The van der Waals surface area contributed by atoms with E-state index in [9.17, 15) is 9.18 Å². The van der Waals surface area contributed by atoms with Gasteiger partial charge in [0.25, 0.3) is 6.29 Å². The number of carbonyl (C=O) groups is 1. The Morgan fingerprint density at radius 3 is 2.64 bits per heavy atom. The quantitative estimate of drug-likeness (QED) is 0.676. The largest absolute Gasteiger partial charge is 0.455 e. The highest BCUT2D eigenvalue weighted by atomic mass is 19.1. The molecule has 1 aliphatic heterocycles. The highest BCUT2D eigenvalue weighted by Gasteiger charge is 2.20. The summed E-state index contributed by atoms with van der Waals surface area (Å²) in [5.41, 5.74) is 0.367. The van der Waals surface area contributed by atoms with Gasteiger partial charge in [-0.05, 0) is 6.07 Å². The van der Waals surface area contributed by atoms with Crippen molar-refractivity contribution in [1.29, 1.82) is 0 Å². The van der Waals surface area contributed by atoms with Crippen molar-refractivity contribution in [2.24, 2.45) is 0 Å². The molecule has 0 radical (unpaired) electrons. The zero-order valence-corrected chi connectivity index (χ0v) is 7.14. The fourth-order valence-corrected chi connectivity index (χ4v) is 1.27. The predicted molar refractivity (Wildman–Crippen MR) is 45.8 cm³/mol. The molecule has 72 valence electrons. The summed E-state index contributed by atoms with van der Waals surface area (Å²) in [5, 5.41) is 0. The average Bonchev–Trinajstić information content (AvgIpc) is 2.70. The van der Waals surface area contributed by atoms with Crippen molar-refractivity contribution < 1.29 is 18.7 Å². The minimum Gasteiger partial charge on any atom is -0.455 e. The van der Waals surface area contributed by atoms with Crippen LogP contribution in [0.2, 0.25) is 0 Å². The molecule has 0 atom stereocenters. The van der Waals surface area contributed by atoms with Crippen molar-refractivity contribution in [3.63, 3.8) is 0 Å². The first-order valence-corrected chi connectivity index (χ1v) is 4.02. The first-order valence-electron chi connectivity index (χ1n) is 4.02. The Bertz CT molecular complexity index is 379. The van der Waals surface area contributed by atoms with Gasteiger partial charge in [-0.2, -0.15) is 0 Å². The third kappa shape index (κ3) is 1.35. The predicted octanol–water partition coefficient (Wildman–Crippen LogP) is 2.15. The summed E-state index contributed by atoms with van der Waals surface area (Å²) in [6.07, 6.45) is 2.44. The number of hydrogen-bond acceptors (Lipinski definition) is 3. The maximum atomic E-state index is 13.1. The van der Waals surface area contributed by atoms with Gasteiger partial charge in [0.1, 0.15) is 18.3 Å². The van der Waals surface area contributed by atoms with Crippen LogP contribution in [0.25, 0.3) is 0 Å². The second kappa shape index (κ2) is 3.49. The van der Waals surface area contributed by atoms with Gasteiger partial charge in [-0.25, -0.2) is 4.39 Å². The van der Waals surface area contributed by atoms with Crippen LogP contribution in [0, 0.1) is 5.82 Å². The summed E-state index contributed by atoms with van der Waals surface area (Å²) in [7, 11) is 0. The van der Waals surface area contributed by atoms with Crippen LogP contribution >= 0.6 is 0 Å². The van der Waals surface area contributed by atoms with Gasteiger partial charge in [0.05, 0.1) is 5.56 Å². The van der Waals surface area contributed by atoms with E-state index in [0.717, 1.165) is 0 Å². The molecule has 0 fully saturated rings. The van der Waals surface area contributed by atoms with Crippen LogP contribution < -0.4 is 0 Å². The Morgan fingerprint density at radius 1 is 1.29 bits per heavy atom. The van der Waals surface area contributed by atoms with Crippen LogP contribution in [0.4, 0.5) is 4.39 Å². The van der Waals surface area contributed by atoms with Gasteiger partial charge in [-0.3, -0.25) is 4.79 Å². The third-order valence-corrected chi connectivity index (χ3v) is 1.92. The van der Waals surface area contributed by atoms with E-state index in [2.05, 4.69) is 0 Å². The number of benzene rings is 1. The highest BCUT2D eigenvalue weighted by molar-refractivity contribution is 5.77. The second-order valence-corrected chi connectivity index (χ2v) is 2.74. The van der Waals surface area contributed by atoms with E-state index in [0.29, 0.717) is 11.8 Å². The van der Waals surface area contributed by atoms with Gasteiger partial charge in [0, 0.05) is 5.56 Å². The Labute approximate surface area is 79.7 Å². The molecule has 2 rings (SSSR count). The summed E-state index contributed by atoms with van der Waals surface area (Å²) >= 11 is 0. The van der Waals surface area contributed by atoms with E-state index >= 15 is 0 Å². The minimum absolute atomic E-state index is 0.0267. The Morgan fingerprint density at radius 2 is 2.00 bits per heavy atom. The fraction of sp³-hybridized carbons (Fsp3) is 0.100.